The molecule has 1 fully saturated rings. The number of aryl methyl sites for hydroxylation is 1. The highest BCUT2D eigenvalue weighted by Crippen LogP contribution is 2.33. The smallest absolute Gasteiger partial charge is 0.337 e. The van der Waals surface area contributed by atoms with E-state index in [1.165, 1.54) is 0 Å². The van der Waals surface area contributed by atoms with E-state index >= 15 is 0 Å². The Labute approximate surface area is 166 Å². The first kappa shape index (κ1) is 20.4. The van der Waals surface area contributed by atoms with Gasteiger partial charge in [0.15, 0.2) is 0 Å². The van der Waals surface area contributed by atoms with E-state index in [1.807, 2.05) is 23.7 Å². The molecule has 0 atom stereocenters. The number of carbonyl (C=O) groups is 2. The summed E-state index contributed by atoms with van der Waals surface area (Å²) in [7, 11) is 5.73. The van der Waals surface area contributed by atoms with Crippen LogP contribution in [-0.4, -0.2) is 78.2 Å². The monoisotopic (exact) mass is 386 g/mol. The standard InChI is InChI=1S/C21H30N4O3/c1-14(2)16-10-15(11-17-18(21(27)28)12-23(4)20(16)17)24(5)19(26)13-25-8-6-22(3)7-9-25/h10-12,14H,6-9,13H2,1-5H3,(H,27,28). The fraction of sp³-hybridized carbons (Fsp3) is 0.524. The molecule has 1 N–H and O–H groups in total. The van der Waals surface area contributed by atoms with Crippen LogP contribution >= 0.6 is 0 Å². The van der Waals surface area contributed by atoms with Crippen LogP contribution in [-0.2, 0) is 11.8 Å². The van der Waals surface area contributed by atoms with Crippen molar-refractivity contribution in [1.82, 2.24) is 14.4 Å². The molecule has 0 aliphatic carbocycles. The Morgan fingerprint density at radius 3 is 2.36 bits per heavy atom. The first-order valence-corrected chi connectivity index (χ1v) is 9.72. The van der Waals surface area contributed by atoms with Crippen LogP contribution in [0.3, 0.4) is 0 Å². The molecule has 7 heteroatoms. The number of fused-ring (bicyclic) bond motifs is 1. The number of rotatable bonds is 5. The lowest BCUT2D eigenvalue weighted by atomic mass is 9.98. The van der Waals surface area contributed by atoms with Crippen molar-refractivity contribution in [3.63, 3.8) is 0 Å². The number of amides is 1. The second kappa shape index (κ2) is 7.93. The molecule has 1 aromatic heterocycles. The van der Waals surface area contributed by atoms with Crippen molar-refractivity contribution >= 4 is 28.5 Å². The van der Waals surface area contributed by atoms with Gasteiger partial charge < -0.3 is 19.5 Å². The first-order valence-electron chi connectivity index (χ1n) is 9.72. The number of aromatic nitrogens is 1. The Morgan fingerprint density at radius 2 is 1.79 bits per heavy atom. The van der Waals surface area contributed by atoms with Crippen molar-refractivity contribution in [2.24, 2.45) is 7.05 Å². The lowest BCUT2D eigenvalue weighted by Gasteiger charge is -2.33. The number of aromatic carboxylic acids is 1. The molecule has 1 aromatic carbocycles. The largest absolute Gasteiger partial charge is 0.478 e. The summed E-state index contributed by atoms with van der Waals surface area (Å²) < 4.78 is 1.87. The van der Waals surface area contributed by atoms with Crippen LogP contribution in [0.4, 0.5) is 5.69 Å². The maximum atomic E-state index is 12.9. The van der Waals surface area contributed by atoms with Gasteiger partial charge in [0.05, 0.1) is 17.6 Å². The van der Waals surface area contributed by atoms with E-state index in [-0.39, 0.29) is 17.4 Å². The number of anilines is 1. The van der Waals surface area contributed by atoms with Crippen molar-refractivity contribution in [3.05, 3.63) is 29.5 Å². The summed E-state index contributed by atoms with van der Waals surface area (Å²) in [5.41, 5.74) is 2.96. The van der Waals surface area contributed by atoms with E-state index in [2.05, 4.69) is 30.7 Å². The van der Waals surface area contributed by atoms with Crippen molar-refractivity contribution in [2.75, 3.05) is 51.7 Å². The molecule has 28 heavy (non-hydrogen) atoms. The predicted molar refractivity (Wildman–Crippen MR) is 111 cm³/mol. The maximum Gasteiger partial charge on any atom is 0.337 e. The minimum atomic E-state index is -0.955. The van der Waals surface area contributed by atoms with Gasteiger partial charge >= 0.3 is 5.97 Å². The third kappa shape index (κ3) is 3.91. The Bertz CT molecular complexity index is 895. The van der Waals surface area contributed by atoms with Crippen LogP contribution in [0.2, 0.25) is 0 Å². The Hall–Kier alpha value is -2.38. The first-order chi connectivity index (χ1) is 13.2. The third-order valence-corrected chi connectivity index (χ3v) is 5.66. The number of hydrogen-bond donors (Lipinski definition) is 1. The fourth-order valence-electron chi connectivity index (χ4n) is 3.82. The summed E-state index contributed by atoms with van der Waals surface area (Å²) in [5.74, 6) is -0.728. The Morgan fingerprint density at radius 1 is 1.14 bits per heavy atom. The molecule has 1 saturated heterocycles. The highest BCUT2D eigenvalue weighted by molar-refractivity contribution is 6.07. The van der Waals surface area contributed by atoms with Gasteiger partial charge in [-0.05, 0) is 30.7 Å². The van der Waals surface area contributed by atoms with Crippen molar-refractivity contribution in [3.8, 4) is 0 Å². The molecule has 1 aliphatic heterocycles. The highest BCUT2D eigenvalue weighted by atomic mass is 16.4. The molecule has 7 nitrogen and oxygen atoms in total. The number of carboxylic acid groups (broad SMARTS) is 1. The molecular weight excluding hydrogens is 356 g/mol. The molecular formula is C21H30N4O3. The van der Waals surface area contributed by atoms with E-state index in [4.69, 9.17) is 0 Å². The Balaban J connectivity index is 1.94. The van der Waals surface area contributed by atoms with Gasteiger partial charge in [0, 0.05) is 57.5 Å². The molecule has 2 heterocycles. The summed E-state index contributed by atoms with van der Waals surface area (Å²) in [5, 5.41) is 10.3. The normalized spacial score (nSPS) is 16.1. The molecule has 152 valence electrons. The number of hydrogen-bond acceptors (Lipinski definition) is 4. The average Bonchev–Trinajstić information content (AvgIpc) is 2.99. The minimum absolute atomic E-state index is 0.0198. The lowest BCUT2D eigenvalue weighted by molar-refractivity contribution is -0.119. The summed E-state index contributed by atoms with van der Waals surface area (Å²) in [6.07, 6.45) is 1.65. The van der Waals surface area contributed by atoms with Crippen molar-refractivity contribution in [2.45, 2.75) is 19.8 Å². The van der Waals surface area contributed by atoms with Crippen molar-refractivity contribution in [1.29, 1.82) is 0 Å². The average molecular weight is 386 g/mol. The number of carbonyl (C=O) groups excluding carboxylic acids is 1. The number of piperazine rings is 1. The van der Waals surface area contributed by atoms with E-state index in [1.54, 1.807) is 18.1 Å². The third-order valence-electron chi connectivity index (χ3n) is 5.66. The lowest BCUT2D eigenvalue weighted by Crippen LogP contribution is -2.48. The Kier molecular flexibility index (Phi) is 5.76. The van der Waals surface area contributed by atoms with Gasteiger partial charge in [-0.15, -0.1) is 0 Å². The van der Waals surface area contributed by atoms with Gasteiger partial charge in [0.25, 0.3) is 0 Å². The van der Waals surface area contributed by atoms with Crippen LogP contribution in [0.1, 0.15) is 35.7 Å². The van der Waals surface area contributed by atoms with Gasteiger partial charge in [-0.25, -0.2) is 4.79 Å². The van der Waals surface area contributed by atoms with E-state index in [0.717, 1.165) is 42.9 Å². The summed E-state index contributed by atoms with van der Waals surface area (Å²) in [4.78, 5) is 30.7. The molecule has 3 rings (SSSR count). The zero-order valence-corrected chi connectivity index (χ0v) is 17.4. The van der Waals surface area contributed by atoms with E-state index in [0.29, 0.717) is 11.9 Å². The number of carboxylic acids is 1. The molecule has 1 amide bonds. The second-order valence-electron chi connectivity index (χ2n) is 8.08. The van der Waals surface area contributed by atoms with Gasteiger partial charge in [0.1, 0.15) is 0 Å². The minimum Gasteiger partial charge on any atom is -0.478 e. The van der Waals surface area contributed by atoms with Gasteiger partial charge in [-0.1, -0.05) is 13.8 Å². The number of benzene rings is 1. The zero-order valence-electron chi connectivity index (χ0n) is 17.4. The van der Waals surface area contributed by atoms with Crippen molar-refractivity contribution < 1.29 is 14.7 Å². The van der Waals surface area contributed by atoms with Crippen LogP contribution in [0.25, 0.3) is 10.9 Å². The van der Waals surface area contributed by atoms with Crippen LogP contribution in [0, 0.1) is 0 Å². The molecule has 0 unspecified atom stereocenters. The molecule has 0 saturated carbocycles. The molecule has 1 aliphatic rings. The molecule has 0 spiro atoms. The summed E-state index contributed by atoms with van der Waals surface area (Å²) >= 11 is 0. The van der Waals surface area contributed by atoms with Gasteiger partial charge in [-0.3, -0.25) is 9.69 Å². The quantitative estimate of drug-likeness (QED) is 0.853. The van der Waals surface area contributed by atoms with E-state index in [9.17, 15) is 14.7 Å². The molecule has 0 bridgehead atoms. The summed E-state index contributed by atoms with van der Waals surface area (Å²) in [6, 6.07) is 3.84. The van der Waals surface area contributed by atoms with E-state index < -0.39 is 5.97 Å². The highest BCUT2D eigenvalue weighted by Gasteiger charge is 2.23. The summed E-state index contributed by atoms with van der Waals surface area (Å²) in [6.45, 7) is 8.23. The topological polar surface area (TPSA) is 69.0 Å². The maximum absolute atomic E-state index is 12.9. The fourth-order valence-corrected chi connectivity index (χ4v) is 3.82. The van der Waals surface area contributed by atoms with Gasteiger partial charge in [-0.2, -0.15) is 0 Å². The zero-order chi connectivity index (χ0) is 20.6. The van der Waals surface area contributed by atoms with Crippen LogP contribution < -0.4 is 4.90 Å². The van der Waals surface area contributed by atoms with Crippen LogP contribution in [0.5, 0.6) is 0 Å². The number of likely N-dealkylation sites (N-methyl/N-ethyl adjacent to an activating group) is 2. The molecule has 2 aromatic rings. The van der Waals surface area contributed by atoms with Gasteiger partial charge in [0.2, 0.25) is 5.91 Å². The second-order valence-corrected chi connectivity index (χ2v) is 8.08. The molecule has 0 radical (unpaired) electrons. The number of nitrogens with zero attached hydrogens (tertiary/aromatic N) is 4. The predicted octanol–water partition coefficient (Wildman–Crippen LogP) is 2.21. The SMILES string of the molecule is CC(C)c1cc(N(C)C(=O)CN2CCN(C)CC2)cc2c(C(=O)O)cn(C)c12. The van der Waals surface area contributed by atoms with Crippen LogP contribution in [0.15, 0.2) is 18.3 Å².